The molecule has 3 aliphatic carbocycles. The van der Waals surface area contributed by atoms with Crippen molar-refractivity contribution in [3.05, 3.63) is 29.0 Å². The van der Waals surface area contributed by atoms with E-state index in [1.807, 2.05) is 14.1 Å². The Morgan fingerprint density at radius 2 is 2.00 bits per heavy atom. The number of nitrogens with zero attached hydrogens (tertiary/aromatic N) is 4. The maximum atomic E-state index is 13.4. The Morgan fingerprint density at radius 1 is 1.18 bits per heavy atom. The predicted molar refractivity (Wildman–Crippen MR) is 123 cm³/mol. The lowest BCUT2D eigenvalue weighted by Crippen LogP contribution is -2.49. The topological polar surface area (TPSA) is 96.8 Å². The Morgan fingerprint density at radius 3 is 2.79 bits per heavy atom. The minimum absolute atomic E-state index is 0.0644. The van der Waals surface area contributed by atoms with E-state index in [2.05, 4.69) is 21.4 Å². The molecule has 1 fully saturated rings. The molecule has 0 aromatic carbocycles. The minimum Gasteiger partial charge on any atom is -0.475 e. The Balaban J connectivity index is 1.36. The number of rotatable bonds is 4. The van der Waals surface area contributed by atoms with Crippen LogP contribution in [0.25, 0.3) is 0 Å². The number of likely N-dealkylation sites (N-methyl/N-ethyl adjacent to an activating group) is 1. The molecule has 2 amide bonds. The summed E-state index contributed by atoms with van der Waals surface area (Å²) in [7, 11) is 1.14. The number of allylic oxidation sites excluding steroid dienone is 2. The van der Waals surface area contributed by atoms with Crippen LogP contribution in [0, 0.1) is 5.92 Å². The molecule has 4 aliphatic rings. The molecule has 9 nitrogen and oxygen atoms in total. The zero-order valence-electron chi connectivity index (χ0n) is 19.6. The smallest absolute Gasteiger partial charge is 0.331 e. The highest BCUT2D eigenvalue weighted by atomic mass is 32.2. The van der Waals surface area contributed by atoms with Crippen molar-refractivity contribution in [3.8, 4) is 5.88 Å². The maximum Gasteiger partial charge on any atom is 0.331 e. The fourth-order valence-electron chi connectivity index (χ4n) is 5.68. The van der Waals surface area contributed by atoms with Crippen LogP contribution in [0.1, 0.15) is 44.9 Å². The van der Waals surface area contributed by atoms with Crippen LogP contribution in [0.3, 0.4) is 0 Å². The van der Waals surface area contributed by atoms with Crippen LogP contribution < -0.4 is 10.1 Å². The van der Waals surface area contributed by atoms with E-state index in [1.54, 1.807) is 4.68 Å². The van der Waals surface area contributed by atoms with Crippen LogP contribution in [0.5, 0.6) is 5.88 Å². The average Bonchev–Trinajstić information content (AvgIpc) is 3.50. The Labute approximate surface area is 195 Å². The van der Waals surface area contributed by atoms with Gasteiger partial charge in [-0.3, -0.25) is 0 Å². The number of fused-ring (bicyclic) bond motifs is 2. The first-order valence-corrected chi connectivity index (χ1v) is 13.3. The lowest BCUT2D eigenvalue weighted by molar-refractivity contribution is 0.183. The number of hydrogen-bond acceptors (Lipinski definition) is 6. The van der Waals surface area contributed by atoms with Gasteiger partial charge in [0.2, 0.25) is 5.88 Å². The van der Waals surface area contributed by atoms with Gasteiger partial charge >= 0.3 is 6.03 Å². The van der Waals surface area contributed by atoms with Crippen molar-refractivity contribution in [1.82, 2.24) is 24.3 Å². The van der Waals surface area contributed by atoms with E-state index in [0.29, 0.717) is 13.2 Å². The molecule has 3 atom stereocenters. The SMILES string of the molecule is CN(C)C1CCn2ncc(S(=O)(=O)N(C)C(=O)NC3C4=C(C=C5CCCC53)CCC4)c2OC1. The van der Waals surface area contributed by atoms with Gasteiger partial charge in [-0.1, -0.05) is 11.6 Å². The van der Waals surface area contributed by atoms with Gasteiger partial charge in [0.15, 0.2) is 4.90 Å². The van der Waals surface area contributed by atoms with Crippen molar-refractivity contribution in [3.63, 3.8) is 0 Å². The monoisotopic (exact) mass is 475 g/mol. The van der Waals surface area contributed by atoms with Crippen LogP contribution in [-0.2, 0) is 16.6 Å². The van der Waals surface area contributed by atoms with Crippen molar-refractivity contribution in [2.24, 2.45) is 5.92 Å². The quantitative estimate of drug-likeness (QED) is 0.719. The minimum atomic E-state index is -4.12. The number of carbonyl (C=O) groups excluding carboxylic acids is 1. The fraction of sp³-hybridized carbons (Fsp3) is 0.652. The molecule has 0 spiro atoms. The summed E-state index contributed by atoms with van der Waals surface area (Å²) in [6.07, 6.45) is 10.7. The van der Waals surface area contributed by atoms with Gasteiger partial charge in [-0.2, -0.15) is 5.10 Å². The molecule has 1 aromatic heterocycles. The normalized spacial score (nSPS) is 26.8. The summed E-state index contributed by atoms with van der Waals surface area (Å²) in [4.78, 5) is 15.2. The van der Waals surface area contributed by atoms with Crippen LogP contribution in [0.4, 0.5) is 4.79 Å². The van der Waals surface area contributed by atoms with Gasteiger partial charge in [0.05, 0.1) is 12.2 Å². The first-order chi connectivity index (χ1) is 15.8. The molecule has 10 heteroatoms. The maximum absolute atomic E-state index is 13.4. The van der Waals surface area contributed by atoms with E-state index >= 15 is 0 Å². The molecule has 2 heterocycles. The van der Waals surface area contributed by atoms with Crippen LogP contribution in [0.2, 0.25) is 0 Å². The molecule has 1 aromatic rings. The summed E-state index contributed by atoms with van der Waals surface area (Å²) in [5, 5.41) is 7.32. The Bertz CT molecular complexity index is 1120. The van der Waals surface area contributed by atoms with Crippen molar-refractivity contribution >= 4 is 16.1 Å². The van der Waals surface area contributed by atoms with Gasteiger partial charge in [0.1, 0.15) is 6.61 Å². The Kier molecular flexibility index (Phi) is 5.76. The first kappa shape index (κ1) is 22.5. The highest BCUT2D eigenvalue weighted by molar-refractivity contribution is 7.89. The summed E-state index contributed by atoms with van der Waals surface area (Å²) in [6.45, 7) is 0.923. The standard InChI is InChI=1S/C23H33N5O4S/c1-26(2)17-10-11-28-22(32-14-17)20(13-24-28)33(30,31)27(3)23(29)25-21-18-8-4-6-15(18)12-16-7-5-9-19(16)21/h12-13,17-18,21H,4-11,14H2,1-3H3,(H,25,29). The third-order valence-electron chi connectivity index (χ3n) is 7.68. The van der Waals surface area contributed by atoms with E-state index < -0.39 is 16.1 Å². The molecule has 3 unspecified atom stereocenters. The molecule has 0 radical (unpaired) electrons. The van der Waals surface area contributed by atoms with Gasteiger partial charge < -0.3 is 15.0 Å². The summed E-state index contributed by atoms with van der Waals surface area (Å²) >= 11 is 0. The molecule has 33 heavy (non-hydrogen) atoms. The van der Waals surface area contributed by atoms with Gasteiger partial charge in [-0.25, -0.2) is 22.2 Å². The largest absolute Gasteiger partial charge is 0.475 e. The lowest BCUT2D eigenvalue weighted by atomic mass is 9.82. The third kappa shape index (κ3) is 3.86. The number of aryl methyl sites for hydroxylation is 1. The van der Waals surface area contributed by atoms with E-state index in [4.69, 9.17) is 4.74 Å². The second kappa shape index (κ2) is 8.47. The van der Waals surface area contributed by atoms with Crippen molar-refractivity contribution in [2.45, 2.75) is 68.5 Å². The molecular formula is C23H33N5O4S. The number of sulfonamides is 1. The number of urea groups is 1. The van der Waals surface area contributed by atoms with Crippen LogP contribution in [-0.4, -0.2) is 73.3 Å². The second-order valence-corrected chi connectivity index (χ2v) is 11.7. The molecule has 1 N–H and O–H groups in total. The molecule has 0 saturated heterocycles. The zero-order chi connectivity index (χ0) is 23.3. The van der Waals surface area contributed by atoms with E-state index in [9.17, 15) is 13.2 Å². The highest BCUT2D eigenvalue weighted by Crippen LogP contribution is 2.45. The molecule has 180 valence electrons. The van der Waals surface area contributed by atoms with Gasteiger partial charge in [-0.15, -0.1) is 0 Å². The third-order valence-corrected chi connectivity index (χ3v) is 9.40. The van der Waals surface area contributed by atoms with Gasteiger partial charge in [-0.05, 0) is 70.2 Å². The first-order valence-electron chi connectivity index (χ1n) is 11.8. The van der Waals surface area contributed by atoms with Crippen molar-refractivity contribution < 1.29 is 17.9 Å². The van der Waals surface area contributed by atoms with Crippen LogP contribution >= 0.6 is 0 Å². The average molecular weight is 476 g/mol. The summed E-state index contributed by atoms with van der Waals surface area (Å²) in [6, 6.07) is -0.555. The molecule has 0 bridgehead atoms. The number of carbonyl (C=O) groups is 1. The van der Waals surface area contributed by atoms with E-state index in [1.165, 1.54) is 30.0 Å². The lowest BCUT2D eigenvalue weighted by Gasteiger charge is -2.32. The van der Waals surface area contributed by atoms with Crippen molar-refractivity contribution in [1.29, 1.82) is 0 Å². The number of ether oxygens (including phenoxy) is 1. The van der Waals surface area contributed by atoms with Crippen molar-refractivity contribution in [2.75, 3.05) is 27.7 Å². The Hall–Kier alpha value is -2.33. The predicted octanol–water partition coefficient (Wildman–Crippen LogP) is 2.52. The highest BCUT2D eigenvalue weighted by Gasteiger charge is 2.40. The number of amides is 2. The second-order valence-electron chi connectivity index (χ2n) is 9.78. The molecular weight excluding hydrogens is 442 g/mol. The van der Waals surface area contributed by atoms with E-state index in [-0.39, 0.29) is 28.8 Å². The van der Waals surface area contributed by atoms with Crippen LogP contribution in [0.15, 0.2) is 33.9 Å². The van der Waals surface area contributed by atoms with E-state index in [0.717, 1.165) is 49.3 Å². The van der Waals surface area contributed by atoms with Gasteiger partial charge in [0, 0.05) is 25.6 Å². The molecule has 1 aliphatic heterocycles. The molecule has 5 rings (SSSR count). The fourth-order valence-corrected chi connectivity index (χ4v) is 6.81. The summed E-state index contributed by atoms with van der Waals surface area (Å²) in [5.74, 6) is 0.485. The number of nitrogens with one attached hydrogen (secondary N) is 1. The molecule has 1 saturated carbocycles. The zero-order valence-corrected chi connectivity index (χ0v) is 20.4. The summed E-state index contributed by atoms with van der Waals surface area (Å²) in [5.41, 5.74) is 4.02. The summed E-state index contributed by atoms with van der Waals surface area (Å²) < 4.78 is 35.1. The van der Waals surface area contributed by atoms with Gasteiger partial charge in [0.25, 0.3) is 10.0 Å². The number of hydrogen-bond donors (Lipinski definition) is 1. The number of aromatic nitrogens is 2.